The molecule has 0 amide bonds. The summed E-state index contributed by atoms with van der Waals surface area (Å²) in [6.07, 6.45) is 16.6. The lowest BCUT2D eigenvalue weighted by molar-refractivity contribution is -0.398. The maximum atomic E-state index is 6.45. The zero-order chi connectivity index (χ0) is 22.6. The maximum absolute atomic E-state index is 6.45. The Balaban J connectivity index is 2.89. The van der Waals surface area contributed by atoms with Crippen LogP contribution in [0.3, 0.4) is 0 Å². The predicted octanol–water partition coefficient (Wildman–Crippen LogP) is 8.31. The number of hydrogen-bond donors (Lipinski definition) is 0. The number of methoxy groups -OCH3 is 1. The van der Waals surface area contributed by atoms with Crippen molar-refractivity contribution in [3.63, 3.8) is 0 Å². The van der Waals surface area contributed by atoms with Crippen LogP contribution in [0.25, 0.3) is 0 Å². The SMILES string of the molecule is CCCCCCCCC(Cc1ccccc1)C(OC)(OCCCCC)OCCCCC. The molecule has 1 aromatic rings. The van der Waals surface area contributed by atoms with E-state index in [-0.39, 0.29) is 5.92 Å². The first kappa shape index (κ1) is 28.1. The van der Waals surface area contributed by atoms with E-state index < -0.39 is 5.97 Å². The van der Waals surface area contributed by atoms with E-state index in [0.29, 0.717) is 13.2 Å². The molecule has 180 valence electrons. The average Bonchev–Trinajstić information content (AvgIpc) is 2.80. The fraction of sp³-hybridized carbons (Fsp3) is 0.786. The fourth-order valence-corrected chi connectivity index (χ4v) is 4.17. The van der Waals surface area contributed by atoms with Gasteiger partial charge in [0.1, 0.15) is 0 Å². The number of hydrogen-bond acceptors (Lipinski definition) is 3. The van der Waals surface area contributed by atoms with Gasteiger partial charge in [-0.25, -0.2) is 0 Å². The van der Waals surface area contributed by atoms with E-state index in [1.165, 1.54) is 69.8 Å². The Kier molecular flexibility index (Phi) is 16.9. The molecule has 0 aliphatic carbocycles. The van der Waals surface area contributed by atoms with Gasteiger partial charge in [0.25, 0.3) is 5.97 Å². The van der Waals surface area contributed by atoms with Gasteiger partial charge in [-0.15, -0.1) is 0 Å². The quantitative estimate of drug-likeness (QED) is 0.144. The Hall–Kier alpha value is -0.900. The van der Waals surface area contributed by atoms with E-state index in [1.54, 1.807) is 7.11 Å². The third kappa shape index (κ3) is 12.1. The van der Waals surface area contributed by atoms with E-state index in [2.05, 4.69) is 51.1 Å². The van der Waals surface area contributed by atoms with Crippen LogP contribution >= 0.6 is 0 Å². The highest BCUT2D eigenvalue weighted by Crippen LogP contribution is 2.33. The molecule has 0 saturated heterocycles. The Morgan fingerprint density at radius 2 is 1.19 bits per heavy atom. The second-order valence-corrected chi connectivity index (χ2v) is 8.86. The summed E-state index contributed by atoms with van der Waals surface area (Å²) in [5.74, 6) is -0.755. The van der Waals surface area contributed by atoms with Crippen LogP contribution in [0.1, 0.15) is 110 Å². The molecule has 1 aromatic carbocycles. The van der Waals surface area contributed by atoms with Gasteiger partial charge in [0.05, 0.1) is 13.2 Å². The van der Waals surface area contributed by atoms with E-state index in [4.69, 9.17) is 14.2 Å². The third-order valence-corrected chi connectivity index (χ3v) is 6.12. The summed E-state index contributed by atoms with van der Waals surface area (Å²) < 4.78 is 19.0. The highest BCUT2D eigenvalue weighted by Gasteiger charge is 2.41. The topological polar surface area (TPSA) is 27.7 Å². The van der Waals surface area contributed by atoms with Crippen LogP contribution in [-0.4, -0.2) is 26.3 Å². The first-order valence-electron chi connectivity index (χ1n) is 13.1. The highest BCUT2D eigenvalue weighted by molar-refractivity contribution is 5.15. The van der Waals surface area contributed by atoms with E-state index in [9.17, 15) is 0 Å². The fourth-order valence-electron chi connectivity index (χ4n) is 4.17. The van der Waals surface area contributed by atoms with Gasteiger partial charge in [0, 0.05) is 13.0 Å². The van der Waals surface area contributed by atoms with Gasteiger partial charge in [-0.1, -0.05) is 115 Å². The molecule has 0 aliphatic rings. The number of unbranched alkanes of at least 4 members (excludes halogenated alkanes) is 9. The molecule has 1 atom stereocenters. The predicted molar refractivity (Wildman–Crippen MR) is 132 cm³/mol. The van der Waals surface area contributed by atoms with Gasteiger partial charge < -0.3 is 14.2 Å². The molecule has 0 saturated carbocycles. The summed E-state index contributed by atoms with van der Waals surface area (Å²) in [5, 5.41) is 0. The van der Waals surface area contributed by atoms with Crippen molar-refractivity contribution in [2.75, 3.05) is 20.3 Å². The zero-order valence-corrected chi connectivity index (χ0v) is 21.0. The molecule has 3 heteroatoms. The Morgan fingerprint density at radius 1 is 0.677 bits per heavy atom. The Bertz CT molecular complexity index is 490. The molecule has 1 unspecified atom stereocenters. The van der Waals surface area contributed by atoms with E-state index >= 15 is 0 Å². The van der Waals surface area contributed by atoms with Crippen LogP contribution in [-0.2, 0) is 20.6 Å². The van der Waals surface area contributed by atoms with Crippen molar-refractivity contribution in [2.45, 2.75) is 117 Å². The summed E-state index contributed by atoms with van der Waals surface area (Å²) in [6, 6.07) is 10.7. The highest BCUT2D eigenvalue weighted by atomic mass is 16.9. The standard InChI is InChI=1S/C28H50O3/c1-5-8-11-12-13-17-22-27(25-26-20-15-14-16-21-26)28(29-4,30-23-18-9-6-2)31-24-19-10-7-3/h14-16,20-21,27H,5-13,17-19,22-25H2,1-4H3. The Labute approximate surface area is 193 Å². The van der Waals surface area contributed by atoms with Crippen LogP contribution < -0.4 is 0 Å². The normalized spacial score (nSPS) is 12.9. The minimum Gasteiger partial charge on any atom is -0.331 e. The molecular formula is C28H50O3. The number of ether oxygens (including phenoxy) is 3. The minimum atomic E-state index is -0.944. The van der Waals surface area contributed by atoms with Crippen LogP contribution in [0, 0.1) is 5.92 Å². The van der Waals surface area contributed by atoms with Gasteiger partial charge in [-0.3, -0.25) is 0 Å². The second-order valence-electron chi connectivity index (χ2n) is 8.86. The second kappa shape index (κ2) is 18.7. The molecular weight excluding hydrogens is 384 g/mol. The van der Waals surface area contributed by atoms with Gasteiger partial charge in [0.15, 0.2) is 0 Å². The molecule has 0 N–H and O–H groups in total. The van der Waals surface area contributed by atoms with Gasteiger partial charge >= 0.3 is 0 Å². The molecule has 0 fully saturated rings. The summed E-state index contributed by atoms with van der Waals surface area (Å²) in [6.45, 7) is 8.10. The summed E-state index contributed by atoms with van der Waals surface area (Å²) in [5.41, 5.74) is 1.33. The van der Waals surface area contributed by atoms with Crippen molar-refractivity contribution in [1.82, 2.24) is 0 Å². The van der Waals surface area contributed by atoms with Crippen LogP contribution in [0.4, 0.5) is 0 Å². The molecule has 1 rings (SSSR count). The van der Waals surface area contributed by atoms with E-state index in [0.717, 1.165) is 25.7 Å². The van der Waals surface area contributed by atoms with Gasteiger partial charge in [-0.2, -0.15) is 0 Å². The first-order valence-corrected chi connectivity index (χ1v) is 13.1. The first-order chi connectivity index (χ1) is 15.2. The molecule has 0 bridgehead atoms. The van der Waals surface area contributed by atoms with Crippen molar-refractivity contribution in [3.8, 4) is 0 Å². The lowest BCUT2D eigenvalue weighted by Gasteiger charge is -2.39. The molecule has 31 heavy (non-hydrogen) atoms. The molecule has 0 spiro atoms. The van der Waals surface area contributed by atoms with Crippen LogP contribution in [0.5, 0.6) is 0 Å². The van der Waals surface area contributed by atoms with Crippen LogP contribution in [0.15, 0.2) is 30.3 Å². The van der Waals surface area contributed by atoms with E-state index in [1.807, 2.05) is 0 Å². The maximum Gasteiger partial charge on any atom is 0.285 e. The lowest BCUT2D eigenvalue weighted by atomic mass is 9.90. The van der Waals surface area contributed by atoms with Crippen molar-refractivity contribution in [1.29, 1.82) is 0 Å². The zero-order valence-electron chi connectivity index (χ0n) is 21.0. The lowest BCUT2D eigenvalue weighted by Crippen LogP contribution is -2.47. The average molecular weight is 435 g/mol. The molecule has 0 radical (unpaired) electrons. The number of rotatable bonds is 21. The van der Waals surface area contributed by atoms with Crippen molar-refractivity contribution in [3.05, 3.63) is 35.9 Å². The molecule has 3 nitrogen and oxygen atoms in total. The number of benzene rings is 1. The monoisotopic (exact) mass is 434 g/mol. The summed E-state index contributed by atoms with van der Waals surface area (Å²) in [7, 11) is 1.76. The van der Waals surface area contributed by atoms with Crippen molar-refractivity contribution in [2.24, 2.45) is 5.92 Å². The van der Waals surface area contributed by atoms with Crippen molar-refractivity contribution < 1.29 is 14.2 Å². The largest absolute Gasteiger partial charge is 0.331 e. The smallest absolute Gasteiger partial charge is 0.285 e. The Morgan fingerprint density at radius 3 is 1.74 bits per heavy atom. The molecule has 0 aromatic heterocycles. The van der Waals surface area contributed by atoms with Gasteiger partial charge in [-0.05, 0) is 31.2 Å². The minimum absolute atomic E-state index is 0.189. The summed E-state index contributed by atoms with van der Waals surface area (Å²) >= 11 is 0. The van der Waals surface area contributed by atoms with Gasteiger partial charge in [0.2, 0.25) is 0 Å². The molecule has 0 heterocycles. The van der Waals surface area contributed by atoms with Crippen molar-refractivity contribution >= 4 is 0 Å². The molecule has 0 aliphatic heterocycles. The summed E-state index contributed by atoms with van der Waals surface area (Å²) in [4.78, 5) is 0. The van der Waals surface area contributed by atoms with Crippen LogP contribution in [0.2, 0.25) is 0 Å². The third-order valence-electron chi connectivity index (χ3n) is 6.12.